The summed E-state index contributed by atoms with van der Waals surface area (Å²) in [4.78, 5) is 4.37. The third-order valence-corrected chi connectivity index (χ3v) is 5.70. The molecule has 4 nitrogen and oxygen atoms in total. The number of rotatable bonds is 7. The van der Waals surface area contributed by atoms with Gasteiger partial charge in [-0.15, -0.1) is 0 Å². The lowest BCUT2D eigenvalue weighted by Gasteiger charge is -2.39. The molecule has 0 saturated carbocycles. The van der Waals surface area contributed by atoms with Gasteiger partial charge < -0.3 is 15.2 Å². The fourth-order valence-electron chi connectivity index (χ4n) is 3.97. The van der Waals surface area contributed by atoms with Crippen LogP contribution >= 0.6 is 0 Å². The van der Waals surface area contributed by atoms with Crippen LogP contribution in [-0.2, 0) is 0 Å². The van der Waals surface area contributed by atoms with Gasteiger partial charge in [0.1, 0.15) is 5.82 Å². The van der Waals surface area contributed by atoms with E-state index >= 15 is 0 Å². The van der Waals surface area contributed by atoms with Gasteiger partial charge in [0.2, 0.25) is 0 Å². The highest BCUT2D eigenvalue weighted by Crippen LogP contribution is 2.50. The van der Waals surface area contributed by atoms with Crippen molar-refractivity contribution in [1.29, 1.82) is 0 Å². The van der Waals surface area contributed by atoms with Crippen LogP contribution in [0.2, 0.25) is 0 Å². The van der Waals surface area contributed by atoms with E-state index in [1.54, 1.807) is 31.2 Å². The van der Waals surface area contributed by atoms with Crippen LogP contribution in [0.15, 0.2) is 54.6 Å². The summed E-state index contributed by atoms with van der Waals surface area (Å²) in [6.45, 7) is 1.77. The molecule has 1 heterocycles. The molecule has 2 atom stereocenters. The van der Waals surface area contributed by atoms with Gasteiger partial charge in [-0.1, -0.05) is 18.2 Å². The van der Waals surface area contributed by atoms with E-state index in [1.165, 1.54) is 18.2 Å². The number of benzene rings is 2. The van der Waals surface area contributed by atoms with Crippen molar-refractivity contribution in [2.24, 2.45) is 5.92 Å². The minimum Gasteiger partial charge on any atom is -0.493 e. The Labute approximate surface area is 186 Å². The lowest BCUT2D eigenvalue weighted by molar-refractivity contribution is -0.270. The van der Waals surface area contributed by atoms with E-state index in [-0.39, 0.29) is 5.69 Å². The zero-order valence-corrected chi connectivity index (χ0v) is 17.8. The molecule has 0 aliphatic heterocycles. The van der Waals surface area contributed by atoms with Crippen LogP contribution in [0.25, 0.3) is 10.9 Å². The molecular formula is C24H21F5N2O2. The largest absolute Gasteiger partial charge is 0.493 e. The zero-order chi connectivity index (χ0) is 24.0. The van der Waals surface area contributed by atoms with E-state index in [4.69, 9.17) is 4.74 Å². The second kappa shape index (κ2) is 8.30. The van der Waals surface area contributed by atoms with Gasteiger partial charge >= 0.3 is 6.18 Å². The maximum atomic E-state index is 14.5. The summed E-state index contributed by atoms with van der Waals surface area (Å²) in [6, 6.07) is 7.42. The Bertz CT molecular complexity index is 1220. The highest BCUT2D eigenvalue weighted by molar-refractivity contribution is 5.91. The topological polar surface area (TPSA) is 54.4 Å². The first-order chi connectivity index (χ1) is 15.5. The van der Waals surface area contributed by atoms with Crippen LogP contribution < -0.4 is 10.1 Å². The molecule has 174 valence electrons. The number of nitrogens with one attached hydrogen (secondary N) is 1. The number of alkyl halides is 3. The Morgan fingerprint density at radius 2 is 1.85 bits per heavy atom. The third-order valence-electron chi connectivity index (χ3n) is 5.70. The predicted octanol–water partition coefficient (Wildman–Crippen LogP) is 5.85. The Hall–Kier alpha value is -3.20. The number of methoxy groups -OCH3 is 1. The number of aromatic nitrogens is 1. The Morgan fingerprint density at radius 3 is 2.48 bits per heavy atom. The number of aryl methyl sites for hydroxylation is 1. The summed E-state index contributed by atoms with van der Waals surface area (Å²) >= 11 is 0. The first kappa shape index (κ1) is 23.0. The van der Waals surface area contributed by atoms with E-state index in [2.05, 4.69) is 10.3 Å². The Kier molecular flexibility index (Phi) is 5.78. The first-order valence-electron chi connectivity index (χ1n) is 10.2. The Morgan fingerprint density at radius 1 is 1.12 bits per heavy atom. The zero-order valence-electron chi connectivity index (χ0n) is 17.8. The van der Waals surface area contributed by atoms with E-state index < -0.39 is 53.1 Å². The number of halogens is 5. The van der Waals surface area contributed by atoms with Gasteiger partial charge in [-0.25, -0.2) is 8.78 Å². The molecule has 1 aliphatic rings. The monoisotopic (exact) mass is 464 g/mol. The van der Waals surface area contributed by atoms with Crippen LogP contribution in [0.3, 0.4) is 0 Å². The number of ether oxygens (including phenoxy) is 1. The van der Waals surface area contributed by atoms with Gasteiger partial charge in [-0.2, -0.15) is 13.2 Å². The van der Waals surface area contributed by atoms with Gasteiger partial charge in [0, 0.05) is 28.4 Å². The summed E-state index contributed by atoms with van der Waals surface area (Å²) in [7, 11) is 1.07. The second-order valence-corrected chi connectivity index (χ2v) is 8.09. The maximum Gasteiger partial charge on any atom is 0.419 e. The highest BCUT2D eigenvalue weighted by atomic mass is 19.4. The number of anilines is 1. The standard InChI is InChI=1S/C24H21F5N2O2/c1-13-6-9-16-19(30-13)4-3-5-20(16)31-22(17-10-15(25)11-18(26)21(17)33-2)23(32,24(27,28)29)12-14-7-8-14/h3-11,14,22,31-32H,12H2,1-2H3. The fraction of sp³-hybridized carbons (Fsp3) is 0.292. The summed E-state index contributed by atoms with van der Waals surface area (Å²) in [6.07, 6.45) is -2.83. The van der Waals surface area contributed by atoms with E-state index in [0.717, 1.165) is 13.2 Å². The normalized spacial score (nSPS) is 16.5. The van der Waals surface area contributed by atoms with Crippen LogP contribution in [0.1, 0.15) is 23.7 Å². The van der Waals surface area contributed by atoms with Crippen LogP contribution in [0.4, 0.5) is 27.6 Å². The van der Waals surface area contributed by atoms with Crippen molar-refractivity contribution in [3.63, 3.8) is 0 Å². The van der Waals surface area contributed by atoms with Crippen LogP contribution in [0, 0.1) is 24.5 Å². The van der Waals surface area contributed by atoms with Gasteiger partial charge in [-0.3, -0.25) is 4.98 Å². The molecule has 0 radical (unpaired) electrons. The number of fused-ring (bicyclic) bond motifs is 1. The smallest absolute Gasteiger partial charge is 0.419 e. The molecule has 2 unspecified atom stereocenters. The maximum absolute atomic E-state index is 14.5. The van der Waals surface area contributed by atoms with Crippen molar-refractivity contribution in [1.82, 2.24) is 4.98 Å². The SMILES string of the molecule is COc1c(F)cc(F)cc1C(Nc1cccc2nc(C)ccc12)C(O)(CC1C=C1)C(F)(F)F. The predicted molar refractivity (Wildman–Crippen MR) is 114 cm³/mol. The number of aliphatic hydroxyl groups is 1. The van der Waals surface area contributed by atoms with Gasteiger partial charge in [0.15, 0.2) is 17.2 Å². The van der Waals surface area contributed by atoms with E-state index in [1.807, 2.05) is 0 Å². The number of allylic oxidation sites excluding steroid dienone is 2. The third kappa shape index (κ3) is 4.37. The van der Waals surface area contributed by atoms with Gasteiger partial charge in [0.05, 0.1) is 18.7 Å². The molecule has 2 aromatic carbocycles. The lowest BCUT2D eigenvalue weighted by Crippen LogP contribution is -2.53. The van der Waals surface area contributed by atoms with Crippen molar-refractivity contribution < 1.29 is 31.8 Å². The number of hydrogen-bond donors (Lipinski definition) is 2. The Balaban J connectivity index is 1.93. The molecule has 2 N–H and O–H groups in total. The quantitative estimate of drug-likeness (QED) is 0.340. The van der Waals surface area contributed by atoms with Crippen molar-refractivity contribution in [3.05, 3.63) is 77.5 Å². The molecule has 1 aliphatic carbocycles. The van der Waals surface area contributed by atoms with Gasteiger partial charge in [-0.05, 0) is 49.6 Å². The molecule has 0 bridgehead atoms. The van der Waals surface area contributed by atoms with Crippen molar-refractivity contribution in [3.8, 4) is 5.75 Å². The average Bonchev–Trinajstić information content (AvgIpc) is 3.54. The first-order valence-corrected chi connectivity index (χ1v) is 10.2. The summed E-state index contributed by atoms with van der Waals surface area (Å²) in [5.41, 5.74) is -2.45. The number of hydrogen-bond acceptors (Lipinski definition) is 4. The molecule has 4 rings (SSSR count). The fourth-order valence-corrected chi connectivity index (χ4v) is 3.97. The lowest BCUT2D eigenvalue weighted by atomic mass is 9.82. The molecule has 0 amide bonds. The molecule has 0 spiro atoms. The van der Waals surface area contributed by atoms with Gasteiger partial charge in [0.25, 0.3) is 0 Å². The molecule has 0 fully saturated rings. The molecule has 1 aromatic heterocycles. The molecule has 3 aromatic rings. The summed E-state index contributed by atoms with van der Waals surface area (Å²) in [5.74, 6) is -3.46. The average molecular weight is 464 g/mol. The van der Waals surface area contributed by atoms with E-state index in [0.29, 0.717) is 22.7 Å². The summed E-state index contributed by atoms with van der Waals surface area (Å²) < 4.78 is 76.8. The molecule has 33 heavy (non-hydrogen) atoms. The minimum absolute atomic E-state index is 0.211. The number of nitrogens with zero attached hydrogens (tertiary/aromatic N) is 1. The van der Waals surface area contributed by atoms with Crippen molar-refractivity contribution in [2.45, 2.75) is 31.2 Å². The number of pyridine rings is 1. The van der Waals surface area contributed by atoms with E-state index in [9.17, 15) is 27.1 Å². The molecule has 9 heteroatoms. The molecule has 0 saturated heterocycles. The van der Waals surface area contributed by atoms with Crippen LogP contribution in [0.5, 0.6) is 5.75 Å². The van der Waals surface area contributed by atoms with Crippen LogP contribution in [-0.4, -0.2) is 29.0 Å². The molecular weight excluding hydrogens is 443 g/mol. The van der Waals surface area contributed by atoms with Crippen molar-refractivity contribution >= 4 is 16.6 Å². The highest BCUT2D eigenvalue weighted by Gasteiger charge is 2.60. The van der Waals surface area contributed by atoms with Crippen molar-refractivity contribution in [2.75, 3.05) is 12.4 Å². The minimum atomic E-state index is -5.14. The second-order valence-electron chi connectivity index (χ2n) is 8.09. The summed E-state index contributed by atoms with van der Waals surface area (Å²) in [5, 5.41) is 14.3.